The zero-order valence-corrected chi connectivity index (χ0v) is 17.5. The third kappa shape index (κ3) is 3.62. The maximum atomic E-state index is 13.0. The summed E-state index contributed by atoms with van der Waals surface area (Å²) in [5.74, 6) is 0.849. The van der Waals surface area contributed by atoms with E-state index in [-0.39, 0.29) is 16.5 Å². The van der Waals surface area contributed by atoms with Gasteiger partial charge in [-0.15, -0.1) is 0 Å². The molecule has 2 heterocycles. The molecule has 1 aromatic heterocycles. The van der Waals surface area contributed by atoms with Gasteiger partial charge in [0.2, 0.25) is 10.0 Å². The van der Waals surface area contributed by atoms with Crippen LogP contribution >= 0.6 is 23.4 Å². The van der Waals surface area contributed by atoms with Crippen LogP contribution in [0.5, 0.6) is 0 Å². The Morgan fingerprint density at radius 3 is 2.78 bits per heavy atom. The van der Waals surface area contributed by atoms with Crippen LogP contribution in [0.1, 0.15) is 11.3 Å². The Labute approximate surface area is 167 Å². The lowest BCUT2D eigenvalue weighted by Crippen LogP contribution is -2.42. The van der Waals surface area contributed by atoms with Crippen molar-refractivity contribution in [2.24, 2.45) is 4.99 Å². The molecule has 1 N–H and O–H groups in total. The number of aliphatic hydroxyl groups is 1. The number of aliphatic imine (C=N–C) groups is 1. The smallest absolute Gasteiger partial charge is 0.244 e. The van der Waals surface area contributed by atoms with Gasteiger partial charge in [-0.3, -0.25) is 4.99 Å². The number of benzene rings is 1. The predicted molar refractivity (Wildman–Crippen MR) is 106 cm³/mol. The molecule has 0 spiro atoms. The van der Waals surface area contributed by atoms with Gasteiger partial charge >= 0.3 is 0 Å². The number of nitrogens with zero attached hydrogens (tertiary/aromatic N) is 3. The summed E-state index contributed by atoms with van der Waals surface area (Å²) in [7, 11) is 0.928. The SMILES string of the molecule is CN=C1SCC(O)(c2ccc(Cl)c(S(=O)(=O)N(C)Cc3ccco3)c2)N1C. The molecule has 1 fully saturated rings. The predicted octanol–water partition coefficient (Wildman–Crippen LogP) is 2.56. The fourth-order valence-corrected chi connectivity index (χ4v) is 5.63. The Morgan fingerprint density at radius 1 is 1.44 bits per heavy atom. The number of hydrogen-bond acceptors (Lipinski definition) is 6. The van der Waals surface area contributed by atoms with Crippen molar-refractivity contribution < 1.29 is 17.9 Å². The second-order valence-electron chi connectivity index (χ2n) is 6.16. The van der Waals surface area contributed by atoms with E-state index in [1.165, 1.54) is 37.2 Å². The van der Waals surface area contributed by atoms with Crippen molar-refractivity contribution in [1.82, 2.24) is 9.21 Å². The van der Waals surface area contributed by atoms with E-state index in [1.807, 2.05) is 0 Å². The largest absolute Gasteiger partial charge is 0.468 e. The summed E-state index contributed by atoms with van der Waals surface area (Å²) in [6.07, 6.45) is 1.49. The molecule has 2 aromatic rings. The summed E-state index contributed by atoms with van der Waals surface area (Å²) in [6.45, 7) is 0.0720. The van der Waals surface area contributed by atoms with Gasteiger partial charge in [-0.1, -0.05) is 29.4 Å². The molecule has 0 amide bonds. The maximum Gasteiger partial charge on any atom is 0.244 e. The molecule has 1 saturated heterocycles. The summed E-state index contributed by atoms with van der Waals surface area (Å²) in [6, 6.07) is 7.93. The van der Waals surface area contributed by atoms with Crippen molar-refractivity contribution in [2.45, 2.75) is 17.2 Å². The maximum absolute atomic E-state index is 13.0. The lowest BCUT2D eigenvalue weighted by atomic mass is 10.0. The topological polar surface area (TPSA) is 86.3 Å². The second kappa shape index (κ2) is 7.48. The Bertz CT molecular complexity index is 963. The van der Waals surface area contributed by atoms with Gasteiger partial charge in [-0.05, 0) is 24.3 Å². The molecule has 1 aromatic carbocycles. The van der Waals surface area contributed by atoms with Gasteiger partial charge in [0.25, 0.3) is 0 Å². The van der Waals surface area contributed by atoms with Crippen LogP contribution in [0.2, 0.25) is 5.02 Å². The van der Waals surface area contributed by atoms with Crippen molar-refractivity contribution in [3.05, 3.63) is 52.9 Å². The average Bonchev–Trinajstić information content (AvgIpc) is 3.24. The van der Waals surface area contributed by atoms with E-state index < -0.39 is 15.7 Å². The fraction of sp³-hybridized carbons (Fsp3) is 0.353. The highest BCUT2D eigenvalue weighted by Gasteiger charge is 2.43. The first-order valence-corrected chi connectivity index (χ1v) is 10.8. The van der Waals surface area contributed by atoms with E-state index in [2.05, 4.69) is 4.99 Å². The van der Waals surface area contributed by atoms with E-state index in [1.54, 1.807) is 37.2 Å². The molecule has 10 heteroatoms. The lowest BCUT2D eigenvalue weighted by Gasteiger charge is -2.31. The van der Waals surface area contributed by atoms with E-state index in [9.17, 15) is 13.5 Å². The number of amidine groups is 1. The molecule has 1 aliphatic rings. The molecule has 0 aliphatic carbocycles. The fourth-order valence-electron chi connectivity index (χ4n) is 2.83. The van der Waals surface area contributed by atoms with Crippen LogP contribution in [0.4, 0.5) is 0 Å². The quantitative estimate of drug-likeness (QED) is 0.786. The van der Waals surface area contributed by atoms with Crippen molar-refractivity contribution in [1.29, 1.82) is 0 Å². The normalized spacial score (nSPS) is 22.1. The Kier molecular flexibility index (Phi) is 5.60. The van der Waals surface area contributed by atoms with Crippen LogP contribution < -0.4 is 0 Å². The van der Waals surface area contributed by atoms with E-state index >= 15 is 0 Å². The van der Waals surface area contributed by atoms with Gasteiger partial charge in [-0.2, -0.15) is 4.31 Å². The molecular formula is C17H20ClN3O4S2. The number of halogens is 1. The monoisotopic (exact) mass is 429 g/mol. The summed E-state index contributed by atoms with van der Waals surface area (Å²) >= 11 is 7.60. The van der Waals surface area contributed by atoms with Crippen molar-refractivity contribution in [3.63, 3.8) is 0 Å². The minimum Gasteiger partial charge on any atom is -0.468 e. The summed E-state index contributed by atoms with van der Waals surface area (Å²) in [5.41, 5.74) is -0.931. The highest BCUT2D eigenvalue weighted by molar-refractivity contribution is 8.14. The van der Waals surface area contributed by atoms with Crippen molar-refractivity contribution in [3.8, 4) is 0 Å². The Balaban J connectivity index is 1.98. The van der Waals surface area contributed by atoms with Gasteiger partial charge in [-0.25, -0.2) is 8.42 Å². The zero-order chi connectivity index (χ0) is 19.8. The van der Waals surface area contributed by atoms with E-state index in [4.69, 9.17) is 16.0 Å². The molecule has 0 bridgehead atoms. The first kappa shape index (κ1) is 20.2. The molecule has 1 aliphatic heterocycles. The summed E-state index contributed by atoms with van der Waals surface area (Å²) in [4.78, 5) is 5.69. The van der Waals surface area contributed by atoms with Crippen molar-refractivity contribution in [2.75, 3.05) is 26.9 Å². The third-order valence-electron chi connectivity index (χ3n) is 4.48. The first-order chi connectivity index (χ1) is 12.7. The van der Waals surface area contributed by atoms with Gasteiger partial charge in [0.05, 0.1) is 23.6 Å². The summed E-state index contributed by atoms with van der Waals surface area (Å²) in [5, 5.41) is 11.9. The molecule has 0 radical (unpaired) electrons. The van der Waals surface area contributed by atoms with E-state index in [0.717, 1.165) is 4.31 Å². The number of thioether (sulfide) groups is 1. The highest BCUT2D eigenvalue weighted by atomic mass is 35.5. The van der Waals surface area contributed by atoms with Gasteiger partial charge in [0.15, 0.2) is 10.9 Å². The molecule has 0 saturated carbocycles. The zero-order valence-electron chi connectivity index (χ0n) is 15.1. The van der Waals surface area contributed by atoms with Crippen LogP contribution in [-0.2, 0) is 22.3 Å². The second-order valence-corrected chi connectivity index (χ2v) is 9.52. The number of sulfonamides is 1. The van der Waals surface area contributed by atoms with Gasteiger partial charge < -0.3 is 14.4 Å². The third-order valence-corrected chi connectivity index (χ3v) is 8.02. The number of hydrogen-bond donors (Lipinski definition) is 1. The Morgan fingerprint density at radius 2 is 2.19 bits per heavy atom. The van der Waals surface area contributed by atoms with Crippen molar-refractivity contribution >= 4 is 38.6 Å². The standard InChI is InChI=1S/C17H20ClN3O4S2/c1-19-16-21(3)17(22,11-26-16)12-6-7-14(18)15(9-12)27(23,24)20(2)10-13-5-4-8-25-13/h4-9,22H,10-11H2,1-3H3. The molecule has 1 atom stereocenters. The van der Waals surface area contributed by atoms with Crippen LogP contribution in [0.15, 0.2) is 50.9 Å². The minimum absolute atomic E-state index is 0.0653. The van der Waals surface area contributed by atoms with Crippen LogP contribution in [0.3, 0.4) is 0 Å². The molecule has 7 nitrogen and oxygen atoms in total. The van der Waals surface area contributed by atoms with Gasteiger partial charge in [0.1, 0.15) is 10.7 Å². The minimum atomic E-state index is -3.89. The van der Waals surface area contributed by atoms with Gasteiger partial charge in [0, 0.05) is 26.7 Å². The lowest BCUT2D eigenvalue weighted by molar-refractivity contribution is -0.0349. The average molecular weight is 430 g/mol. The molecule has 27 heavy (non-hydrogen) atoms. The van der Waals surface area contributed by atoms with E-state index in [0.29, 0.717) is 22.2 Å². The Hall–Kier alpha value is -1.52. The summed E-state index contributed by atoms with van der Waals surface area (Å²) < 4.78 is 32.4. The highest BCUT2D eigenvalue weighted by Crippen LogP contribution is 2.39. The first-order valence-electron chi connectivity index (χ1n) is 8.04. The number of furan rings is 1. The molecule has 1 unspecified atom stereocenters. The molecular weight excluding hydrogens is 410 g/mol. The molecule has 3 rings (SSSR count). The van der Waals surface area contributed by atoms with Crippen LogP contribution in [0.25, 0.3) is 0 Å². The molecule has 146 valence electrons. The number of rotatable bonds is 5. The van der Waals surface area contributed by atoms with Crippen LogP contribution in [0, 0.1) is 0 Å². The van der Waals surface area contributed by atoms with Crippen LogP contribution in [-0.4, -0.2) is 54.8 Å².